The molecule has 0 saturated heterocycles. The third-order valence-corrected chi connectivity index (χ3v) is 3.91. The lowest BCUT2D eigenvalue weighted by molar-refractivity contribution is 0.104. The van der Waals surface area contributed by atoms with E-state index in [-0.39, 0.29) is 17.1 Å². The quantitative estimate of drug-likeness (QED) is 0.499. The fourth-order valence-corrected chi connectivity index (χ4v) is 2.58. The SMILES string of the molecule is CCCCc1cc(=O)oc2c(C)c(O)c(C(=O)C=CN(C)C)cc12. The number of carbonyl (C=O) groups is 1. The summed E-state index contributed by atoms with van der Waals surface area (Å²) < 4.78 is 5.27. The lowest BCUT2D eigenvalue weighted by atomic mass is 9.97. The Morgan fingerprint density at radius 1 is 1.33 bits per heavy atom. The smallest absolute Gasteiger partial charge is 0.336 e. The zero-order valence-electron chi connectivity index (χ0n) is 14.5. The van der Waals surface area contributed by atoms with E-state index in [1.165, 1.54) is 12.1 Å². The molecule has 0 radical (unpaired) electrons. The summed E-state index contributed by atoms with van der Waals surface area (Å²) in [4.78, 5) is 25.9. The molecule has 1 aromatic heterocycles. The average Bonchev–Trinajstić information content (AvgIpc) is 2.54. The van der Waals surface area contributed by atoms with Gasteiger partial charge in [0, 0.05) is 43.4 Å². The number of phenolic OH excluding ortho intramolecular Hbond substituents is 1. The van der Waals surface area contributed by atoms with Gasteiger partial charge in [0.1, 0.15) is 11.3 Å². The van der Waals surface area contributed by atoms with Crippen molar-refractivity contribution < 1.29 is 14.3 Å². The molecule has 0 bridgehead atoms. The minimum Gasteiger partial charge on any atom is -0.507 e. The van der Waals surface area contributed by atoms with Crippen LogP contribution in [0.3, 0.4) is 0 Å². The highest BCUT2D eigenvalue weighted by atomic mass is 16.4. The van der Waals surface area contributed by atoms with E-state index < -0.39 is 5.63 Å². The van der Waals surface area contributed by atoms with Crippen molar-refractivity contribution in [3.8, 4) is 5.75 Å². The molecule has 0 atom stereocenters. The number of hydrogen-bond acceptors (Lipinski definition) is 5. The Kier molecular flexibility index (Phi) is 5.44. The Labute approximate surface area is 141 Å². The van der Waals surface area contributed by atoms with Gasteiger partial charge in [0.2, 0.25) is 0 Å². The van der Waals surface area contributed by atoms with Crippen molar-refractivity contribution in [1.29, 1.82) is 0 Å². The molecule has 0 aliphatic carbocycles. The second-order valence-electron chi connectivity index (χ2n) is 6.11. The third-order valence-electron chi connectivity index (χ3n) is 3.91. The number of hydrogen-bond donors (Lipinski definition) is 1. The molecule has 0 fully saturated rings. The summed E-state index contributed by atoms with van der Waals surface area (Å²) in [5.74, 6) is -0.439. The number of benzene rings is 1. The molecular formula is C19H23NO4. The number of rotatable bonds is 6. The highest BCUT2D eigenvalue weighted by Gasteiger charge is 2.18. The van der Waals surface area contributed by atoms with Gasteiger partial charge in [-0.1, -0.05) is 13.3 Å². The standard InChI is InChI=1S/C19H23NO4/c1-5-6-7-13-10-17(22)24-19-12(2)18(23)15(11-14(13)19)16(21)8-9-20(3)4/h8-11,23H,5-7H2,1-4H3. The van der Waals surface area contributed by atoms with E-state index in [1.54, 1.807) is 24.1 Å². The molecule has 24 heavy (non-hydrogen) atoms. The molecule has 0 spiro atoms. The fourth-order valence-electron chi connectivity index (χ4n) is 2.58. The first kappa shape index (κ1) is 17.8. The van der Waals surface area contributed by atoms with E-state index in [0.29, 0.717) is 16.5 Å². The number of nitrogens with zero attached hydrogens (tertiary/aromatic N) is 1. The molecular weight excluding hydrogens is 306 g/mol. The second-order valence-corrected chi connectivity index (χ2v) is 6.11. The van der Waals surface area contributed by atoms with Crippen LogP contribution in [-0.4, -0.2) is 29.9 Å². The Morgan fingerprint density at radius 3 is 2.67 bits per heavy atom. The van der Waals surface area contributed by atoms with Crippen LogP contribution in [-0.2, 0) is 6.42 Å². The fraction of sp³-hybridized carbons (Fsp3) is 0.368. The number of phenols is 1. The topological polar surface area (TPSA) is 70.7 Å². The number of aromatic hydroxyl groups is 1. The van der Waals surface area contributed by atoms with Gasteiger partial charge in [0.05, 0.1) is 5.56 Å². The van der Waals surface area contributed by atoms with Crippen LogP contribution in [0.25, 0.3) is 11.0 Å². The number of ketones is 1. The van der Waals surface area contributed by atoms with Gasteiger partial charge >= 0.3 is 5.63 Å². The van der Waals surface area contributed by atoms with Crippen molar-refractivity contribution in [2.75, 3.05) is 14.1 Å². The van der Waals surface area contributed by atoms with Crippen molar-refractivity contribution in [3.05, 3.63) is 51.5 Å². The highest BCUT2D eigenvalue weighted by Crippen LogP contribution is 2.32. The summed E-state index contributed by atoms with van der Waals surface area (Å²) >= 11 is 0. The van der Waals surface area contributed by atoms with Gasteiger partial charge in [-0.2, -0.15) is 0 Å². The molecule has 0 unspecified atom stereocenters. The summed E-state index contributed by atoms with van der Waals surface area (Å²) in [5, 5.41) is 11.1. The first-order valence-corrected chi connectivity index (χ1v) is 8.03. The molecule has 1 aromatic carbocycles. The molecule has 2 rings (SSSR count). The summed E-state index contributed by atoms with van der Waals surface area (Å²) in [5.41, 5.74) is 1.37. The molecule has 5 nitrogen and oxygen atoms in total. The zero-order chi connectivity index (χ0) is 17.9. The van der Waals surface area contributed by atoms with E-state index in [2.05, 4.69) is 6.92 Å². The van der Waals surface area contributed by atoms with Crippen molar-refractivity contribution in [1.82, 2.24) is 4.90 Å². The van der Waals surface area contributed by atoms with Crippen LogP contribution < -0.4 is 5.63 Å². The molecule has 5 heteroatoms. The summed E-state index contributed by atoms with van der Waals surface area (Å²) in [6.45, 7) is 3.72. The van der Waals surface area contributed by atoms with Crippen LogP contribution in [0.5, 0.6) is 5.75 Å². The number of unbranched alkanes of at least 4 members (excludes halogenated alkanes) is 1. The van der Waals surface area contributed by atoms with E-state index in [4.69, 9.17) is 4.42 Å². The van der Waals surface area contributed by atoms with Gasteiger partial charge in [-0.15, -0.1) is 0 Å². The van der Waals surface area contributed by atoms with Crippen LogP contribution >= 0.6 is 0 Å². The van der Waals surface area contributed by atoms with E-state index in [9.17, 15) is 14.7 Å². The lowest BCUT2D eigenvalue weighted by Gasteiger charge is -2.11. The van der Waals surface area contributed by atoms with Crippen LogP contribution in [0.4, 0.5) is 0 Å². The van der Waals surface area contributed by atoms with Crippen molar-refractivity contribution in [3.63, 3.8) is 0 Å². The molecule has 0 saturated carbocycles. The van der Waals surface area contributed by atoms with Crippen LogP contribution in [0, 0.1) is 6.92 Å². The van der Waals surface area contributed by atoms with Gasteiger partial charge < -0.3 is 14.4 Å². The molecule has 2 aromatic rings. The predicted molar refractivity (Wildman–Crippen MR) is 94.7 cm³/mol. The Balaban J connectivity index is 2.66. The third kappa shape index (κ3) is 3.67. The van der Waals surface area contributed by atoms with Crippen LogP contribution in [0.15, 0.2) is 33.6 Å². The summed E-state index contributed by atoms with van der Waals surface area (Å²) in [6.07, 6.45) is 5.69. The molecule has 1 N–H and O–H groups in total. The van der Waals surface area contributed by atoms with Crippen molar-refractivity contribution in [2.24, 2.45) is 0 Å². The van der Waals surface area contributed by atoms with Crippen molar-refractivity contribution in [2.45, 2.75) is 33.1 Å². The summed E-state index contributed by atoms with van der Waals surface area (Å²) in [7, 11) is 3.62. The molecule has 128 valence electrons. The first-order chi connectivity index (χ1) is 11.3. The minimum atomic E-state index is -0.442. The highest BCUT2D eigenvalue weighted by molar-refractivity contribution is 6.09. The van der Waals surface area contributed by atoms with Gasteiger partial charge in [0.25, 0.3) is 0 Å². The Hall–Kier alpha value is -2.56. The first-order valence-electron chi connectivity index (χ1n) is 8.03. The molecule has 1 heterocycles. The van der Waals surface area contributed by atoms with E-state index in [1.807, 2.05) is 14.1 Å². The van der Waals surface area contributed by atoms with Gasteiger partial charge in [-0.05, 0) is 31.4 Å². The summed E-state index contributed by atoms with van der Waals surface area (Å²) in [6, 6.07) is 3.09. The normalized spacial score (nSPS) is 11.3. The Bertz CT molecular complexity index is 847. The largest absolute Gasteiger partial charge is 0.507 e. The molecule has 0 aliphatic heterocycles. The Morgan fingerprint density at radius 2 is 2.04 bits per heavy atom. The van der Waals surface area contributed by atoms with Crippen LogP contribution in [0.1, 0.15) is 41.3 Å². The molecule has 0 aliphatic rings. The minimum absolute atomic E-state index is 0.147. The number of carbonyl (C=O) groups excluding carboxylic acids is 1. The maximum Gasteiger partial charge on any atom is 0.336 e. The van der Waals surface area contributed by atoms with E-state index >= 15 is 0 Å². The second kappa shape index (κ2) is 7.34. The van der Waals surface area contributed by atoms with Gasteiger partial charge in [-0.3, -0.25) is 4.79 Å². The lowest BCUT2D eigenvalue weighted by Crippen LogP contribution is -2.06. The van der Waals surface area contributed by atoms with Crippen LogP contribution in [0.2, 0.25) is 0 Å². The predicted octanol–water partition coefficient (Wildman–Crippen LogP) is 3.41. The molecule has 0 amide bonds. The average molecular weight is 329 g/mol. The van der Waals surface area contributed by atoms with Crippen molar-refractivity contribution >= 4 is 16.8 Å². The number of aryl methyl sites for hydroxylation is 2. The maximum absolute atomic E-state index is 12.4. The number of allylic oxidation sites excluding steroid dienone is 1. The monoisotopic (exact) mass is 329 g/mol. The van der Waals surface area contributed by atoms with Gasteiger partial charge in [0.15, 0.2) is 5.78 Å². The number of fused-ring (bicyclic) bond motifs is 1. The zero-order valence-corrected chi connectivity index (χ0v) is 14.5. The maximum atomic E-state index is 12.4. The van der Waals surface area contributed by atoms with E-state index in [0.717, 1.165) is 24.8 Å². The van der Waals surface area contributed by atoms with Gasteiger partial charge in [-0.25, -0.2) is 4.79 Å².